The quantitative estimate of drug-likeness (QED) is 0.760. The average molecular weight is 455 g/mol. The number of hydrogen-bond donors (Lipinski definition) is 1. The third-order valence-corrected chi connectivity index (χ3v) is 7.10. The molecule has 2 N–H and O–H groups in total. The molecule has 3 heterocycles. The fourth-order valence-electron chi connectivity index (χ4n) is 5.11. The molecular weight excluding hydrogens is 420 g/mol. The Morgan fingerprint density at radius 3 is 2.48 bits per heavy atom. The number of fused-ring (bicyclic) bond motifs is 1. The third kappa shape index (κ3) is 4.13. The molecule has 178 valence electrons. The second-order valence-corrected chi connectivity index (χ2v) is 10.9. The summed E-state index contributed by atoms with van der Waals surface area (Å²) in [6, 6.07) is 0.351. The van der Waals surface area contributed by atoms with E-state index >= 15 is 0 Å². The van der Waals surface area contributed by atoms with Gasteiger partial charge in [0.15, 0.2) is 0 Å². The zero-order chi connectivity index (χ0) is 23.5. The molecule has 3 aliphatic rings. The Morgan fingerprint density at radius 1 is 1.15 bits per heavy atom. The van der Waals surface area contributed by atoms with Crippen molar-refractivity contribution in [3.8, 4) is 0 Å². The van der Waals surface area contributed by atoms with Gasteiger partial charge in [-0.2, -0.15) is 0 Å². The monoisotopic (exact) mass is 454 g/mol. The molecule has 5 rings (SSSR count). The Morgan fingerprint density at radius 2 is 1.88 bits per heavy atom. The van der Waals surface area contributed by atoms with E-state index in [0.29, 0.717) is 25.6 Å². The van der Waals surface area contributed by atoms with Gasteiger partial charge in [-0.3, -0.25) is 4.79 Å². The summed E-state index contributed by atoms with van der Waals surface area (Å²) >= 11 is 0. The number of nitrogens with two attached hydrogens (primary N) is 1. The first-order valence-corrected chi connectivity index (χ1v) is 12.0. The second kappa shape index (κ2) is 7.88. The molecule has 2 amide bonds. The summed E-state index contributed by atoms with van der Waals surface area (Å²) < 4.78 is 7.82. The topological polar surface area (TPSA) is 107 Å². The number of primary amides is 1. The summed E-state index contributed by atoms with van der Waals surface area (Å²) in [4.78, 5) is 37.6. The van der Waals surface area contributed by atoms with Crippen LogP contribution in [-0.2, 0) is 9.53 Å². The predicted octanol–water partition coefficient (Wildman–Crippen LogP) is 3.19. The van der Waals surface area contributed by atoms with E-state index < -0.39 is 5.60 Å². The van der Waals surface area contributed by atoms with Crippen molar-refractivity contribution in [3.63, 3.8) is 0 Å². The highest BCUT2D eigenvalue weighted by Crippen LogP contribution is 2.48. The Hall–Kier alpha value is -2.84. The van der Waals surface area contributed by atoms with Gasteiger partial charge >= 0.3 is 6.09 Å². The van der Waals surface area contributed by atoms with E-state index in [1.807, 2.05) is 20.8 Å². The van der Waals surface area contributed by atoms with Crippen LogP contribution >= 0.6 is 0 Å². The molecule has 1 atom stereocenters. The average Bonchev–Trinajstić information content (AvgIpc) is 3.47. The molecule has 1 aliphatic heterocycles. The second-order valence-electron chi connectivity index (χ2n) is 10.9. The van der Waals surface area contributed by atoms with E-state index in [4.69, 9.17) is 15.5 Å². The van der Waals surface area contributed by atoms with Gasteiger partial charge in [-0.05, 0) is 64.9 Å². The van der Waals surface area contributed by atoms with Crippen LogP contribution in [0.2, 0.25) is 0 Å². The zero-order valence-corrected chi connectivity index (χ0v) is 20.0. The summed E-state index contributed by atoms with van der Waals surface area (Å²) in [5.74, 6) is 1.24. The van der Waals surface area contributed by atoms with Crippen molar-refractivity contribution in [3.05, 3.63) is 18.1 Å². The molecule has 2 aromatic heterocycles. The van der Waals surface area contributed by atoms with Gasteiger partial charge in [-0.15, -0.1) is 0 Å². The van der Waals surface area contributed by atoms with E-state index in [1.54, 1.807) is 11.2 Å². The van der Waals surface area contributed by atoms with Crippen LogP contribution in [0.3, 0.4) is 0 Å². The standard InChI is InChI=1S/C24H34N6O3/c1-14-11-28(23(32)33-24(2,3)4)7-8-29(14)21-19-18(15-5-6-15)12-30(22(19)27-13-26-21)17-9-16(10-17)20(25)31/h12-17H,5-11H2,1-4H3,(H2,25,31)/t14-,16?,17?/m0/s1. The zero-order valence-electron chi connectivity index (χ0n) is 20.0. The Balaban J connectivity index is 1.42. The number of carbonyl (C=O) groups is 2. The van der Waals surface area contributed by atoms with Crippen molar-refractivity contribution in [2.24, 2.45) is 11.7 Å². The number of hydrogen-bond acceptors (Lipinski definition) is 6. The van der Waals surface area contributed by atoms with Crippen molar-refractivity contribution in [1.82, 2.24) is 19.4 Å². The number of nitrogens with zero attached hydrogens (tertiary/aromatic N) is 5. The maximum atomic E-state index is 12.6. The molecule has 0 bridgehead atoms. The maximum absolute atomic E-state index is 12.6. The van der Waals surface area contributed by atoms with Gasteiger partial charge in [0.1, 0.15) is 23.4 Å². The van der Waals surface area contributed by atoms with Crippen molar-refractivity contribution in [2.45, 2.75) is 77.0 Å². The van der Waals surface area contributed by atoms with Crippen molar-refractivity contribution < 1.29 is 14.3 Å². The number of ether oxygens (including phenoxy) is 1. The van der Waals surface area contributed by atoms with Crippen LogP contribution < -0.4 is 10.6 Å². The van der Waals surface area contributed by atoms with Gasteiger partial charge in [0.05, 0.1) is 5.39 Å². The summed E-state index contributed by atoms with van der Waals surface area (Å²) in [7, 11) is 0. The maximum Gasteiger partial charge on any atom is 0.410 e. The Bertz CT molecular complexity index is 1080. The molecule has 9 nitrogen and oxygen atoms in total. The number of piperazine rings is 1. The highest BCUT2D eigenvalue weighted by molar-refractivity contribution is 5.92. The molecule has 2 saturated carbocycles. The molecule has 2 aromatic rings. The molecule has 3 fully saturated rings. The lowest BCUT2D eigenvalue weighted by Gasteiger charge is -2.41. The fraction of sp³-hybridized carbons (Fsp3) is 0.667. The van der Waals surface area contributed by atoms with Crippen LogP contribution in [0.1, 0.15) is 70.9 Å². The lowest BCUT2D eigenvalue weighted by Crippen LogP contribution is -2.54. The number of amides is 2. The summed E-state index contributed by atoms with van der Waals surface area (Å²) in [5, 5.41) is 1.13. The van der Waals surface area contributed by atoms with Crippen LogP contribution in [0, 0.1) is 5.92 Å². The van der Waals surface area contributed by atoms with E-state index in [0.717, 1.165) is 29.7 Å². The van der Waals surface area contributed by atoms with Crippen LogP contribution in [0.25, 0.3) is 11.0 Å². The number of anilines is 1. The largest absolute Gasteiger partial charge is 0.444 e. The van der Waals surface area contributed by atoms with E-state index in [1.165, 1.54) is 18.4 Å². The van der Waals surface area contributed by atoms with Gasteiger partial charge in [-0.25, -0.2) is 14.8 Å². The van der Waals surface area contributed by atoms with Crippen LogP contribution in [0.5, 0.6) is 0 Å². The molecule has 33 heavy (non-hydrogen) atoms. The van der Waals surface area contributed by atoms with E-state index in [2.05, 4.69) is 27.6 Å². The van der Waals surface area contributed by atoms with Crippen molar-refractivity contribution in [1.29, 1.82) is 0 Å². The SMILES string of the molecule is C[C@H]1CN(C(=O)OC(C)(C)C)CCN1c1ncnc2c1c(C1CC1)cn2C1CC(C(N)=O)C1. The first-order chi connectivity index (χ1) is 15.6. The summed E-state index contributed by atoms with van der Waals surface area (Å²) in [5.41, 5.74) is 7.24. The first-order valence-electron chi connectivity index (χ1n) is 12.0. The van der Waals surface area contributed by atoms with Gasteiger partial charge in [-0.1, -0.05) is 0 Å². The highest BCUT2D eigenvalue weighted by atomic mass is 16.6. The lowest BCUT2D eigenvalue weighted by molar-refractivity contribution is -0.125. The van der Waals surface area contributed by atoms with Gasteiger partial charge in [0, 0.05) is 43.8 Å². The lowest BCUT2D eigenvalue weighted by atomic mass is 9.79. The Kier molecular flexibility index (Phi) is 5.25. The van der Waals surface area contributed by atoms with Gasteiger partial charge in [0.25, 0.3) is 0 Å². The molecular formula is C24H34N6O3. The minimum Gasteiger partial charge on any atom is -0.444 e. The third-order valence-electron chi connectivity index (χ3n) is 7.10. The number of rotatable bonds is 4. The summed E-state index contributed by atoms with van der Waals surface area (Å²) in [6.07, 6.45) is 7.53. The fourth-order valence-corrected chi connectivity index (χ4v) is 5.11. The highest BCUT2D eigenvalue weighted by Gasteiger charge is 2.39. The van der Waals surface area contributed by atoms with Gasteiger partial charge in [0.2, 0.25) is 5.91 Å². The molecule has 9 heteroatoms. The Labute approximate surface area is 194 Å². The van der Waals surface area contributed by atoms with E-state index in [9.17, 15) is 9.59 Å². The normalized spacial score (nSPS) is 25.8. The summed E-state index contributed by atoms with van der Waals surface area (Å²) in [6.45, 7) is 9.66. The molecule has 2 aliphatic carbocycles. The minimum absolute atomic E-state index is 0.0425. The molecule has 0 spiro atoms. The molecule has 0 radical (unpaired) electrons. The predicted molar refractivity (Wildman–Crippen MR) is 125 cm³/mol. The molecule has 0 aromatic carbocycles. The van der Waals surface area contributed by atoms with Gasteiger partial charge < -0.3 is 24.8 Å². The van der Waals surface area contributed by atoms with Crippen LogP contribution in [0.15, 0.2) is 12.5 Å². The number of aromatic nitrogens is 3. The molecule has 0 unspecified atom stereocenters. The first kappa shape index (κ1) is 22.0. The van der Waals surface area contributed by atoms with Crippen molar-refractivity contribution in [2.75, 3.05) is 24.5 Å². The number of carbonyl (C=O) groups excluding carboxylic acids is 2. The van der Waals surface area contributed by atoms with Crippen LogP contribution in [-0.4, -0.2) is 62.7 Å². The van der Waals surface area contributed by atoms with Crippen molar-refractivity contribution >= 4 is 28.9 Å². The van der Waals surface area contributed by atoms with E-state index in [-0.39, 0.29) is 30.0 Å². The van der Waals surface area contributed by atoms with Crippen LogP contribution in [0.4, 0.5) is 10.6 Å². The minimum atomic E-state index is -0.507. The smallest absolute Gasteiger partial charge is 0.410 e. The molecule has 1 saturated heterocycles.